The van der Waals surface area contributed by atoms with E-state index in [1.807, 2.05) is 11.3 Å². The molecule has 24 aromatic carbocycles. The first-order chi connectivity index (χ1) is 71.3. The Morgan fingerprint density at radius 2 is 0.368 bits per heavy atom. The highest BCUT2D eigenvalue weighted by Crippen LogP contribution is 2.53. The molecule has 8 heterocycles. The lowest BCUT2D eigenvalue weighted by Gasteiger charge is -2.25. The standard InChI is InChI=1S/C66H38N2O4.C66H38N2O3S/c1-3-13-41(14-4-1)67(45-21-25-53-61(37-45)69-59-31-19-39-11-7-9-17-47(39)63(53)59)43-23-33-57-55(35-43)51-29-27-50-49(65(51)71-57)28-30-52-56-36-44(24-34-58(56)72-66(50)52)68(42-15-5-2-6-16-42)46-22-26-54-62(38-46)70-60-32-20-40-12-8-10-18-48(40)64(54)60;1-3-13-41(14-4-1)67(43-21-27-49-53-25-19-39-11-7-9-17-47(39)63(53)69-59(49)35-43)44-22-29-51-55-31-34-58-56(65(55)71-61(51)36-44)32-33-57-52-30-24-46(38-62(52)72-66(57)58)68(42-15-5-2-6-16-42)45-23-28-50-54-26-20-40-12-8-10-18-48(40)64(54)70-60(50)37-45/h2*1-38H. The first-order valence-corrected chi connectivity index (χ1v) is 49.4. The van der Waals surface area contributed by atoms with E-state index in [-0.39, 0.29) is 0 Å². The van der Waals surface area contributed by atoms with E-state index in [1.165, 1.54) is 57.9 Å². The summed E-state index contributed by atoms with van der Waals surface area (Å²) in [5.41, 5.74) is 24.4. The number of nitrogens with zero attached hydrogens (tertiary/aromatic N) is 4. The number of rotatable bonds is 12. The van der Waals surface area contributed by atoms with Crippen molar-refractivity contribution < 1.29 is 30.9 Å². The number of anilines is 12. The molecule has 672 valence electrons. The van der Waals surface area contributed by atoms with Crippen LogP contribution in [-0.4, -0.2) is 0 Å². The molecule has 0 radical (unpaired) electrons. The predicted molar refractivity (Wildman–Crippen MR) is 600 cm³/mol. The van der Waals surface area contributed by atoms with Crippen LogP contribution in [-0.2, 0) is 0 Å². The Labute approximate surface area is 823 Å². The van der Waals surface area contributed by atoms with Gasteiger partial charge in [-0.25, -0.2) is 0 Å². The molecule has 0 aliphatic rings. The van der Waals surface area contributed by atoms with E-state index in [9.17, 15) is 0 Å². The van der Waals surface area contributed by atoms with Crippen molar-refractivity contribution in [3.05, 3.63) is 461 Å². The first kappa shape index (κ1) is 79.9. The first-order valence-electron chi connectivity index (χ1n) is 48.6. The molecule has 0 fully saturated rings. The van der Waals surface area contributed by atoms with E-state index in [4.69, 9.17) is 30.9 Å². The highest BCUT2D eigenvalue weighted by atomic mass is 32.1. The van der Waals surface area contributed by atoms with Crippen molar-refractivity contribution in [2.75, 3.05) is 19.6 Å². The molecule has 0 amide bonds. The van der Waals surface area contributed by atoms with Crippen molar-refractivity contribution in [2.24, 2.45) is 0 Å². The average Bonchev–Trinajstić information content (AvgIpc) is 1.57. The molecule has 0 saturated heterocycles. The number of hydrogen-bond donors (Lipinski definition) is 0. The Morgan fingerprint density at radius 1 is 0.132 bits per heavy atom. The van der Waals surface area contributed by atoms with Gasteiger partial charge in [0.25, 0.3) is 0 Å². The van der Waals surface area contributed by atoms with E-state index in [0.29, 0.717) is 0 Å². The Bertz CT molecular complexity index is 10400. The van der Waals surface area contributed by atoms with Gasteiger partial charge >= 0.3 is 0 Å². The van der Waals surface area contributed by atoms with Crippen LogP contribution in [0.25, 0.3) is 238 Å². The molecule has 8 aromatic heterocycles. The largest absolute Gasteiger partial charge is 0.456 e. The summed E-state index contributed by atoms with van der Waals surface area (Å²) in [5.74, 6) is 0. The zero-order chi connectivity index (χ0) is 94.0. The van der Waals surface area contributed by atoms with Crippen molar-refractivity contribution in [3.63, 3.8) is 0 Å². The van der Waals surface area contributed by atoms with Gasteiger partial charge < -0.3 is 50.5 Å². The Morgan fingerprint density at radius 3 is 0.750 bits per heavy atom. The topological polar surface area (TPSA) is 105 Å². The Balaban J connectivity index is 0.000000131. The van der Waals surface area contributed by atoms with Crippen LogP contribution in [0.5, 0.6) is 0 Å². The molecule has 0 N–H and O–H groups in total. The summed E-state index contributed by atoms with van der Waals surface area (Å²) in [4.78, 5) is 9.18. The minimum Gasteiger partial charge on any atom is -0.456 e. The van der Waals surface area contributed by atoms with Crippen LogP contribution in [0.3, 0.4) is 0 Å². The Hall–Kier alpha value is -19.1. The zero-order valence-electron chi connectivity index (χ0n) is 76.9. The molecule has 32 rings (SSSR count). The third-order valence-corrected chi connectivity index (χ3v) is 30.8. The molecule has 0 saturated carbocycles. The maximum atomic E-state index is 6.97. The molecule has 0 bridgehead atoms. The minimum absolute atomic E-state index is 0.818. The molecule has 144 heavy (non-hydrogen) atoms. The van der Waals surface area contributed by atoms with Gasteiger partial charge in [-0.15, -0.1) is 11.3 Å². The second kappa shape index (κ2) is 31.2. The van der Waals surface area contributed by atoms with Gasteiger partial charge in [0.05, 0.1) is 0 Å². The lowest BCUT2D eigenvalue weighted by molar-refractivity contribution is 0.669. The summed E-state index contributed by atoms with van der Waals surface area (Å²) < 4.78 is 49.5. The zero-order valence-corrected chi connectivity index (χ0v) is 77.7. The van der Waals surface area contributed by atoms with Gasteiger partial charge in [0.15, 0.2) is 0 Å². The van der Waals surface area contributed by atoms with Gasteiger partial charge in [-0.3, -0.25) is 0 Å². The van der Waals surface area contributed by atoms with Gasteiger partial charge in [0, 0.05) is 226 Å². The molecule has 0 spiro atoms. The number of thiophene rings is 1. The number of para-hydroxylation sites is 4. The smallest absolute Gasteiger partial charge is 0.143 e. The monoisotopic (exact) mass is 1860 g/mol. The fourth-order valence-corrected chi connectivity index (χ4v) is 24.2. The van der Waals surface area contributed by atoms with Crippen LogP contribution in [0.1, 0.15) is 0 Å². The van der Waals surface area contributed by atoms with E-state index in [2.05, 4.69) is 481 Å². The second-order valence-corrected chi connectivity index (χ2v) is 38.6. The van der Waals surface area contributed by atoms with Crippen molar-refractivity contribution in [1.82, 2.24) is 0 Å². The highest BCUT2D eigenvalue weighted by molar-refractivity contribution is 7.26. The molecule has 12 heteroatoms. The molecular weight excluding hydrogens is 1790 g/mol. The van der Waals surface area contributed by atoms with Crippen LogP contribution in [0.4, 0.5) is 68.2 Å². The summed E-state index contributed by atoms with van der Waals surface area (Å²) >= 11 is 1.84. The predicted octanol–water partition coefficient (Wildman–Crippen LogP) is 39.8. The molecule has 11 nitrogen and oxygen atoms in total. The van der Waals surface area contributed by atoms with Crippen molar-refractivity contribution in [3.8, 4) is 0 Å². The maximum absolute atomic E-state index is 6.97. The summed E-state index contributed by atoms with van der Waals surface area (Å²) in [6.45, 7) is 0. The highest BCUT2D eigenvalue weighted by Gasteiger charge is 2.28. The van der Waals surface area contributed by atoms with Crippen molar-refractivity contribution >= 4 is 318 Å². The summed E-state index contributed by atoms with van der Waals surface area (Å²) in [5, 5.41) is 31.4. The summed E-state index contributed by atoms with van der Waals surface area (Å²) in [7, 11) is 0. The quantitative estimate of drug-likeness (QED) is 0.117. The lowest BCUT2D eigenvalue weighted by atomic mass is 10.0. The molecule has 0 aliphatic carbocycles. The molecule has 0 aliphatic heterocycles. The van der Waals surface area contributed by atoms with E-state index >= 15 is 0 Å². The number of fused-ring (bicyclic) bond motifs is 38. The summed E-state index contributed by atoms with van der Waals surface area (Å²) in [6.07, 6.45) is 0. The average molecular weight is 1860 g/mol. The van der Waals surface area contributed by atoms with E-state index < -0.39 is 0 Å². The van der Waals surface area contributed by atoms with Gasteiger partial charge in [0.2, 0.25) is 0 Å². The lowest BCUT2D eigenvalue weighted by Crippen LogP contribution is -2.09. The minimum atomic E-state index is 0.818. The molecule has 32 aromatic rings. The number of benzene rings is 24. The normalized spacial score (nSPS) is 12.2. The van der Waals surface area contributed by atoms with Crippen molar-refractivity contribution in [1.29, 1.82) is 0 Å². The fraction of sp³-hybridized carbons (Fsp3) is 0. The molecule has 0 atom stereocenters. The number of furan rings is 7. The van der Waals surface area contributed by atoms with Crippen LogP contribution >= 0.6 is 11.3 Å². The van der Waals surface area contributed by atoms with Gasteiger partial charge in [0.1, 0.15) is 78.2 Å². The van der Waals surface area contributed by atoms with E-state index in [1.54, 1.807) is 0 Å². The molecular formula is C132H76N4O7S. The number of hydrogen-bond acceptors (Lipinski definition) is 12. The molecule has 0 unspecified atom stereocenters. The van der Waals surface area contributed by atoms with Crippen LogP contribution < -0.4 is 19.6 Å². The summed E-state index contributed by atoms with van der Waals surface area (Å²) in [6, 6.07) is 163. The van der Waals surface area contributed by atoms with Crippen molar-refractivity contribution in [2.45, 2.75) is 0 Å². The van der Waals surface area contributed by atoms with Gasteiger partial charge in [-0.2, -0.15) is 0 Å². The van der Waals surface area contributed by atoms with Crippen LogP contribution in [0.15, 0.2) is 492 Å². The maximum Gasteiger partial charge on any atom is 0.143 e. The third kappa shape index (κ3) is 12.3. The van der Waals surface area contributed by atoms with E-state index in [0.717, 1.165) is 249 Å². The fourth-order valence-electron chi connectivity index (χ4n) is 23.0. The SMILES string of the molecule is c1ccc(N(c2ccc3c(c2)oc2c4ccccc4ccc32)c2ccc3c(c2)oc2c3ccc3c2ccc2c4ccc(N(c5ccccc5)c5ccc6c(c5)oc5c7ccccc7ccc65)cc4sc23)cc1.c1ccc(N(c2ccc3c(c2)oc2ccc4ccccc4c23)c2ccc3oc4c(ccc5c4ccc4c6cc(N(c7ccccc7)c7ccc8c(c7)oc7ccc9ccccc9c78)ccc6oc45)c3c2)cc1. The van der Waals surface area contributed by atoms with Gasteiger partial charge in [-0.05, 0) is 251 Å². The van der Waals surface area contributed by atoms with Crippen LogP contribution in [0.2, 0.25) is 0 Å². The third-order valence-electron chi connectivity index (χ3n) is 29.6. The van der Waals surface area contributed by atoms with Crippen LogP contribution in [0, 0.1) is 0 Å². The Kier molecular flexibility index (Phi) is 17.3. The van der Waals surface area contributed by atoms with Gasteiger partial charge in [-0.1, -0.05) is 212 Å². The second-order valence-electron chi connectivity index (χ2n) is 37.5.